The second-order valence-electron chi connectivity index (χ2n) is 2.29. The van der Waals surface area contributed by atoms with Crippen LogP contribution in [0.2, 0.25) is 0 Å². The lowest BCUT2D eigenvalue weighted by Gasteiger charge is -2.01. The summed E-state index contributed by atoms with van der Waals surface area (Å²) in [5.41, 5.74) is 0. The normalized spacial score (nSPS) is 13.4. The van der Waals surface area contributed by atoms with E-state index in [0.29, 0.717) is 0 Å². The van der Waals surface area contributed by atoms with E-state index in [1.807, 2.05) is 12.1 Å². The lowest BCUT2D eigenvalue weighted by Crippen LogP contribution is -1.99. The number of alkyl halides is 1. The van der Waals surface area contributed by atoms with Crippen molar-refractivity contribution in [1.82, 2.24) is 0 Å². The molecule has 0 fully saturated rings. The summed E-state index contributed by atoms with van der Waals surface area (Å²) < 4.78 is 5.12. The fourth-order valence-electron chi connectivity index (χ4n) is 0.791. The van der Waals surface area contributed by atoms with Crippen molar-refractivity contribution in [3.63, 3.8) is 0 Å². The lowest BCUT2D eigenvalue weighted by molar-refractivity contribution is 0.502. The molecular weight excluding hydrogens is 148 g/mol. The van der Waals surface area contributed by atoms with Crippen molar-refractivity contribution in [3.05, 3.63) is 24.2 Å². The molecule has 1 nitrogen and oxygen atoms in total. The Morgan fingerprint density at radius 2 is 2.50 bits per heavy atom. The Bertz CT molecular complexity index is 169. The van der Waals surface area contributed by atoms with E-state index in [0.717, 1.165) is 18.6 Å². The Morgan fingerprint density at radius 1 is 1.70 bits per heavy atom. The molecule has 1 heterocycles. The zero-order valence-corrected chi connectivity index (χ0v) is 6.77. The highest BCUT2D eigenvalue weighted by Gasteiger charge is 2.03. The quantitative estimate of drug-likeness (QED) is 0.617. The predicted octanol–water partition coefficient (Wildman–Crippen LogP) is 2.84. The first-order chi connectivity index (χ1) is 4.83. The van der Waals surface area contributed by atoms with Crippen molar-refractivity contribution in [2.45, 2.75) is 25.1 Å². The summed E-state index contributed by atoms with van der Waals surface area (Å²) in [6, 6.07) is 3.83. The minimum absolute atomic E-state index is 0.214. The van der Waals surface area contributed by atoms with Gasteiger partial charge in [0, 0.05) is 11.8 Å². The SMILES string of the molecule is CCC(Cl)Cc1ccco1. The molecule has 0 aromatic carbocycles. The molecule has 0 aliphatic heterocycles. The Morgan fingerprint density at radius 3 is 3.00 bits per heavy atom. The van der Waals surface area contributed by atoms with E-state index in [1.54, 1.807) is 6.26 Å². The average molecular weight is 159 g/mol. The van der Waals surface area contributed by atoms with Crippen LogP contribution in [0.1, 0.15) is 19.1 Å². The number of furan rings is 1. The Kier molecular flexibility index (Phi) is 2.82. The standard InChI is InChI=1S/C8H11ClO/c1-2-7(9)6-8-4-3-5-10-8/h3-5,7H,2,6H2,1H3. The molecule has 56 valence electrons. The molecule has 1 aromatic heterocycles. The maximum absolute atomic E-state index is 5.90. The van der Waals surface area contributed by atoms with Crippen LogP contribution >= 0.6 is 11.6 Å². The monoisotopic (exact) mass is 158 g/mol. The zero-order chi connectivity index (χ0) is 7.40. The summed E-state index contributed by atoms with van der Waals surface area (Å²) in [5, 5.41) is 0.214. The van der Waals surface area contributed by atoms with Crippen LogP contribution in [0.15, 0.2) is 22.8 Å². The van der Waals surface area contributed by atoms with Crippen molar-refractivity contribution in [1.29, 1.82) is 0 Å². The summed E-state index contributed by atoms with van der Waals surface area (Å²) in [6.45, 7) is 2.07. The highest BCUT2D eigenvalue weighted by atomic mass is 35.5. The van der Waals surface area contributed by atoms with E-state index in [-0.39, 0.29) is 5.38 Å². The molecule has 0 N–H and O–H groups in total. The van der Waals surface area contributed by atoms with Crippen LogP contribution in [0.4, 0.5) is 0 Å². The first kappa shape index (κ1) is 7.67. The van der Waals surface area contributed by atoms with Gasteiger partial charge in [-0.2, -0.15) is 0 Å². The van der Waals surface area contributed by atoms with Crippen LogP contribution in [0, 0.1) is 0 Å². The summed E-state index contributed by atoms with van der Waals surface area (Å²) >= 11 is 5.90. The van der Waals surface area contributed by atoms with Crippen molar-refractivity contribution >= 4 is 11.6 Å². The lowest BCUT2D eigenvalue weighted by atomic mass is 10.2. The Labute approximate surface area is 66.0 Å². The van der Waals surface area contributed by atoms with Gasteiger partial charge in [0.15, 0.2) is 0 Å². The molecule has 1 rings (SSSR count). The highest BCUT2D eigenvalue weighted by molar-refractivity contribution is 6.20. The van der Waals surface area contributed by atoms with Gasteiger partial charge in [-0.05, 0) is 18.6 Å². The predicted molar refractivity (Wildman–Crippen MR) is 42.3 cm³/mol. The van der Waals surface area contributed by atoms with Crippen molar-refractivity contribution in [3.8, 4) is 0 Å². The van der Waals surface area contributed by atoms with Gasteiger partial charge >= 0.3 is 0 Å². The van der Waals surface area contributed by atoms with E-state index >= 15 is 0 Å². The summed E-state index contributed by atoms with van der Waals surface area (Å²) in [6.07, 6.45) is 3.50. The molecule has 0 aliphatic rings. The maximum atomic E-state index is 5.90. The van der Waals surface area contributed by atoms with Crippen LogP contribution in [0.3, 0.4) is 0 Å². The third kappa shape index (κ3) is 2.07. The number of hydrogen-bond donors (Lipinski definition) is 0. The van der Waals surface area contributed by atoms with E-state index < -0.39 is 0 Å². The topological polar surface area (TPSA) is 13.1 Å². The van der Waals surface area contributed by atoms with Gasteiger partial charge in [-0.1, -0.05) is 6.92 Å². The second-order valence-corrected chi connectivity index (χ2v) is 2.91. The fraction of sp³-hybridized carbons (Fsp3) is 0.500. The van der Waals surface area contributed by atoms with Crippen molar-refractivity contribution in [2.75, 3.05) is 0 Å². The number of hydrogen-bond acceptors (Lipinski definition) is 1. The molecule has 1 aromatic rings. The first-order valence-corrected chi connectivity index (χ1v) is 3.93. The van der Waals surface area contributed by atoms with Crippen LogP contribution in [-0.2, 0) is 6.42 Å². The van der Waals surface area contributed by atoms with Gasteiger partial charge in [-0.25, -0.2) is 0 Å². The summed E-state index contributed by atoms with van der Waals surface area (Å²) in [5.74, 6) is 0.974. The molecule has 10 heavy (non-hydrogen) atoms. The average Bonchev–Trinajstić information content (AvgIpc) is 2.40. The number of halogens is 1. The second kappa shape index (κ2) is 3.67. The molecule has 1 unspecified atom stereocenters. The smallest absolute Gasteiger partial charge is 0.105 e. The van der Waals surface area contributed by atoms with E-state index in [4.69, 9.17) is 16.0 Å². The third-order valence-corrected chi connectivity index (χ3v) is 1.91. The zero-order valence-electron chi connectivity index (χ0n) is 6.01. The Hall–Kier alpha value is -0.430. The molecule has 2 heteroatoms. The van der Waals surface area contributed by atoms with Gasteiger partial charge < -0.3 is 4.42 Å². The summed E-state index contributed by atoms with van der Waals surface area (Å²) in [7, 11) is 0. The summed E-state index contributed by atoms with van der Waals surface area (Å²) in [4.78, 5) is 0. The Balaban J connectivity index is 2.40. The largest absolute Gasteiger partial charge is 0.469 e. The molecular formula is C8H11ClO. The molecule has 0 bridgehead atoms. The molecule has 0 saturated carbocycles. The fourth-order valence-corrected chi connectivity index (χ4v) is 0.943. The van der Waals surface area contributed by atoms with Crippen LogP contribution in [-0.4, -0.2) is 5.38 Å². The van der Waals surface area contributed by atoms with Gasteiger partial charge in [0.1, 0.15) is 5.76 Å². The highest BCUT2D eigenvalue weighted by Crippen LogP contribution is 2.10. The van der Waals surface area contributed by atoms with Crippen LogP contribution in [0.25, 0.3) is 0 Å². The van der Waals surface area contributed by atoms with Crippen LogP contribution < -0.4 is 0 Å². The van der Waals surface area contributed by atoms with Crippen molar-refractivity contribution in [2.24, 2.45) is 0 Å². The van der Waals surface area contributed by atoms with Gasteiger partial charge in [0.05, 0.1) is 6.26 Å². The molecule has 1 atom stereocenters. The minimum Gasteiger partial charge on any atom is -0.469 e. The molecule has 0 spiro atoms. The molecule has 0 radical (unpaired) electrons. The van der Waals surface area contributed by atoms with E-state index in [9.17, 15) is 0 Å². The van der Waals surface area contributed by atoms with Crippen LogP contribution in [0.5, 0.6) is 0 Å². The maximum Gasteiger partial charge on any atom is 0.105 e. The first-order valence-electron chi connectivity index (χ1n) is 3.49. The molecule has 0 aliphatic carbocycles. The van der Waals surface area contributed by atoms with Crippen molar-refractivity contribution < 1.29 is 4.42 Å². The van der Waals surface area contributed by atoms with Gasteiger partial charge in [-0.3, -0.25) is 0 Å². The number of rotatable bonds is 3. The van der Waals surface area contributed by atoms with Gasteiger partial charge in [0.25, 0.3) is 0 Å². The third-order valence-electron chi connectivity index (χ3n) is 1.45. The van der Waals surface area contributed by atoms with Gasteiger partial charge in [0.2, 0.25) is 0 Å². The van der Waals surface area contributed by atoms with E-state index in [2.05, 4.69) is 6.92 Å². The molecule has 0 amide bonds. The minimum atomic E-state index is 0.214. The van der Waals surface area contributed by atoms with Gasteiger partial charge in [-0.15, -0.1) is 11.6 Å². The molecule has 0 saturated heterocycles. The van der Waals surface area contributed by atoms with E-state index in [1.165, 1.54) is 0 Å².